The molecule has 1 aromatic heterocycles. The first kappa shape index (κ1) is 21.8. The molecule has 3 rings (SSSR count). The first-order valence-electron chi connectivity index (χ1n) is 8.11. The number of hydrogen-bond acceptors (Lipinski definition) is 2. The molecule has 2 N–H and O–H groups in total. The third kappa shape index (κ3) is 6.55. The van der Waals surface area contributed by atoms with Gasteiger partial charge in [-0.1, -0.05) is 44.2 Å². The van der Waals surface area contributed by atoms with Crippen molar-refractivity contribution in [3.63, 3.8) is 0 Å². The largest absolute Gasteiger partial charge is 0.512 e. The van der Waals surface area contributed by atoms with E-state index >= 15 is 0 Å². The zero-order chi connectivity index (χ0) is 18.4. The van der Waals surface area contributed by atoms with Crippen LogP contribution >= 0.6 is 0 Å². The average molecular weight is 526 g/mol. The molecule has 0 fully saturated rings. The molecule has 3 aromatic rings. The Kier molecular flexibility index (Phi) is 8.37. The summed E-state index contributed by atoms with van der Waals surface area (Å²) >= 11 is 0. The number of fused-ring (bicyclic) bond motifs is 1. The molecule has 1 heterocycles. The molecule has 0 atom stereocenters. The van der Waals surface area contributed by atoms with E-state index in [2.05, 4.69) is 50.2 Å². The van der Waals surface area contributed by atoms with E-state index in [1.54, 1.807) is 0 Å². The molecule has 0 spiro atoms. The summed E-state index contributed by atoms with van der Waals surface area (Å²) < 4.78 is 0. The van der Waals surface area contributed by atoms with Crippen LogP contribution in [0.3, 0.4) is 0 Å². The van der Waals surface area contributed by atoms with Gasteiger partial charge in [0.1, 0.15) is 0 Å². The minimum absolute atomic E-state index is 0. The molecule has 1 radical (unpaired) electrons. The van der Waals surface area contributed by atoms with Crippen molar-refractivity contribution in [3.8, 4) is 11.3 Å². The van der Waals surface area contributed by atoms with Crippen LogP contribution in [0.15, 0.2) is 60.4 Å². The van der Waals surface area contributed by atoms with Gasteiger partial charge in [0, 0.05) is 20.1 Å². The minimum Gasteiger partial charge on any atom is -0.512 e. The third-order valence-electron chi connectivity index (χ3n) is 3.44. The van der Waals surface area contributed by atoms with Crippen molar-refractivity contribution in [2.75, 3.05) is 0 Å². The molecule has 0 aliphatic carbocycles. The Balaban J connectivity index is 0.000000366. The zero-order valence-corrected chi connectivity index (χ0v) is 17.8. The number of hydrogen-bond donors (Lipinski definition) is 1. The number of nitrogens with zero attached hydrogens (tertiary/aromatic N) is 1. The van der Waals surface area contributed by atoms with Crippen molar-refractivity contribution in [2.45, 2.75) is 27.7 Å². The standard InChI is InChI=1S/C17H14N.C5H8O2.Ir/c1-12-9-13(2)11-15(10-12)17-8-7-14-5-3-4-6-16(14)18-17;1-4(6)3-5(2)7;/h3-10H,1-2H3;3,6H,1-2H3;/q-1;;/p+1/b;4-3-;. The van der Waals surface area contributed by atoms with Crippen LogP contribution in [0.5, 0.6) is 0 Å². The monoisotopic (exact) mass is 526 g/mol. The Labute approximate surface area is 168 Å². The van der Waals surface area contributed by atoms with Gasteiger partial charge < -0.3 is 5.11 Å². The Morgan fingerprint density at radius 2 is 1.77 bits per heavy atom. The summed E-state index contributed by atoms with van der Waals surface area (Å²) in [5.41, 5.74) is 5.48. The molecule has 0 bridgehead atoms. The van der Waals surface area contributed by atoms with Crippen LogP contribution in [0.2, 0.25) is 0 Å². The van der Waals surface area contributed by atoms with E-state index in [1.165, 1.54) is 30.9 Å². The number of rotatable bonds is 2. The fourth-order valence-electron chi connectivity index (χ4n) is 2.55. The molecule has 0 saturated carbocycles. The van der Waals surface area contributed by atoms with Gasteiger partial charge in [-0.05, 0) is 24.1 Å². The molecule has 137 valence electrons. The number of pyridine rings is 1. The maximum Gasteiger partial charge on any atom is 0.316 e. The predicted molar refractivity (Wildman–Crippen MR) is 104 cm³/mol. The number of aliphatic hydroxyl groups is 1. The first-order chi connectivity index (χ1) is 11.8. The van der Waals surface area contributed by atoms with Crippen LogP contribution in [-0.4, -0.2) is 20.7 Å². The second kappa shape index (κ2) is 10.0. The number of carbonyl (C=O) groups excluding carboxylic acids is 1. The zero-order valence-electron chi connectivity index (χ0n) is 15.4. The maximum atomic E-state index is 8.40. The van der Waals surface area contributed by atoms with Crippen LogP contribution in [0, 0.1) is 19.9 Å². The van der Waals surface area contributed by atoms with Crippen molar-refractivity contribution in [1.82, 2.24) is 4.98 Å². The van der Waals surface area contributed by atoms with E-state index in [-0.39, 0.29) is 31.6 Å². The molecule has 0 unspecified atom stereocenters. The first-order valence-corrected chi connectivity index (χ1v) is 8.11. The molecule has 0 aliphatic rings. The summed E-state index contributed by atoms with van der Waals surface area (Å²) in [6, 6.07) is 20.0. The predicted octanol–water partition coefficient (Wildman–Crippen LogP) is 5.33. The number of benzene rings is 2. The van der Waals surface area contributed by atoms with Gasteiger partial charge >= 0.3 is 5.78 Å². The SMILES string of the molecule is CC(=[OH+])/C=C(/C)O.Cc1[c-]c(-c2ccc3ccccc3n2)cc(C)c1.[Ir]. The number of aliphatic hydroxyl groups excluding tert-OH is 1. The van der Waals surface area contributed by atoms with Gasteiger partial charge in [0.05, 0.1) is 24.3 Å². The summed E-state index contributed by atoms with van der Waals surface area (Å²) in [5.74, 6) is 0.250. The van der Waals surface area contributed by atoms with E-state index in [9.17, 15) is 0 Å². The summed E-state index contributed by atoms with van der Waals surface area (Å²) in [7, 11) is 0. The normalized spacial score (nSPS) is 10.5. The van der Waals surface area contributed by atoms with Crippen molar-refractivity contribution in [3.05, 3.63) is 77.6 Å². The number of ketones is 1. The Bertz CT molecular complexity index is 908. The molecule has 3 nitrogen and oxygen atoms in total. The molecule has 26 heavy (non-hydrogen) atoms. The number of allylic oxidation sites excluding steroid dienone is 2. The van der Waals surface area contributed by atoms with Crippen LogP contribution in [-0.2, 0) is 20.1 Å². The molecular formula is C22H23IrNO2. The molecule has 0 amide bonds. The van der Waals surface area contributed by atoms with Gasteiger partial charge in [-0.25, -0.2) is 0 Å². The van der Waals surface area contributed by atoms with Crippen LogP contribution < -0.4 is 0 Å². The summed E-state index contributed by atoms with van der Waals surface area (Å²) in [4.78, 5) is 13.1. The van der Waals surface area contributed by atoms with Gasteiger partial charge in [-0.2, -0.15) is 0 Å². The van der Waals surface area contributed by atoms with E-state index < -0.39 is 0 Å². The number of para-hydroxylation sites is 1. The number of aryl methyl sites for hydroxylation is 2. The van der Waals surface area contributed by atoms with Gasteiger partial charge in [0.2, 0.25) is 0 Å². The summed E-state index contributed by atoms with van der Waals surface area (Å²) in [6.45, 7) is 7.17. The third-order valence-corrected chi connectivity index (χ3v) is 3.44. The topological polar surface area (TPSA) is 54.5 Å². The molecule has 2 aromatic carbocycles. The van der Waals surface area contributed by atoms with E-state index in [1.807, 2.05) is 18.2 Å². The van der Waals surface area contributed by atoms with Crippen molar-refractivity contribution >= 4 is 16.7 Å². The van der Waals surface area contributed by atoms with E-state index in [4.69, 9.17) is 14.9 Å². The summed E-state index contributed by atoms with van der Waals surface area (Å²) in [5, 5.41) is 9.57. The van der Waals surface area contributed by atoms with E-state index in [0.29, 0.717) is 0 Å². The van der Waals surface area contributed by atoms with Gasteiger partial charge in [-0.3, -0.25) is 9.78 Å². The van der Waals surface area contributed by atoms with Crippen molar-refractivity contribution < 1.29 is 30.0 Å². The van der Waals surface area contributed by atoms with Gasteiger partial charge in [-0.15, -0.1) is 34.9 Å². The fraction of sp³-hybridized carbons (Fsp3) is 0.182. The molecular weight excluding hydrogens is 502 g/mol. The molecule has 0 aliphatic heterocycles. The van der Waals surface area contributed by atoms with Crippen LogP contribution in [0.1, 0.15) is 25.0 Å². The number of aromatic nitrogens is 1. The fourth-order valence-corrected chi connectivity index (χ4v) is 2.55. The molecule has 0 saturated heterocycles. The van der Waals surface area contributed by atoms with Crippen LogP contribution in [0.4, 0.5) is 0 Å². The smallest absolute Gasteiger partial charge is 0.316 e. The Morgan fingerprint density at radius 1 is 1.08 bits per heavy atom. The minimum atomic E-state index is 0. The summed E-state index contributed by atoms with van der Waals surface area (Å²) in [6.07, 6.45) is 1.28. The Morgan fingerprint density at radius 3 is 2.35 bits per heavy atom. The van der Waals surface area contributed by atoms with E-state index in [0.717, 1.165) is 22.3 Å². The van der Waals surface area contributed by atoms with Crippen LogP contribution in [0.25, 0.3) is 22.2 Å². The second-order valence-corrected chi connectivity index (χ2v) is 6.07. The maximum absolute atomic E-state index is 8.40. The molecule has 4 heteroatoms. The van der Waals surface area contributed by atoms with Gasteiger partial charge in [0.15, 0.2) is 0 Å². The average Bonchev–Trinajstić information content (AvgIpc) is 2.53. The second-order valence-electron chi connectivity index (χ2n) is 6.07. The van der Waals surface area contributed by atoms with Gasteiger partial charge in [0.25, 0.3) is 0 Å². The Hall–Kier alpha value is -2.29. The van der Waals surface area contributed by atoms with Crippen molar-refractivity contribution in [1.29, 1.82) is 0 Å². The quantitative estimate of drug-likeness (QED) is 0.213. The van der Waals surface area contributed by atoms with Crippen molar-refractivity contribution in [2.24, 2.45) is 0 Å².